The van der Waals surface area contributed by atoms with Gasteiger partial charge in [0.15, 0.2) is 0 Å². The van der Waals surface area contributed by atoms with Gasteiger partial charge in [0.1, 0.15) is 5.84 Å². The first-order valence-corrected chi connectivity index (χ1v) is 6.14. The number of aryl methyl sites for hydroxylation is 2. The summed E-state index contributed by atoms with van der Waals surface area (Å²) in [7, 11) is 0. The van der Waals surface area contributed by atoms with Gasteiger partial charge in [-0.3, -0.25) is 0 Å². The Bertz CT molecular complexity index is 604. The Labute approximate surface area is 119 Å². The molecule has 20 heavy (non-hydrogen) atoms. The van der Waals surface area contributed by atoms with Crippen molar-refractivity contribution in [3.05, 3.63) is 70.8 Å². The second kappa shape index (κ2) is 7.59. The molecule has 4 N–H and O–H groups in total. The molecule has 4 heteroatoms. The van der Waals surface area contributed by atoms with Gasteiger partial charge in [-0.1, -0.05) is 47.5 Å². The van der Waals surface area contributed by atoms with Gasteiger partial charge in [0.05, 0.1) is 11.6 Å². The molecule has 0 aliphatic heterocycles. The van der Waals surface area contributed by atoms with E-state index in [0.29, 0.717) is 5.84 Å². The number of rotatable bonds is 1. The Morgan fingerprint density at radius 1 is 0.950 bits per heavy atom. The molecule has 0 unspecified atom stereocenters. The van der Waals surface area contributed by atoms with E-state index < -0.39 is 0 Å². The van der Waals surface area contributed by atoms with Crippen LogP contribution in [0.5, 0.6) is 0 Å². The normalized spacial score (nSPS) is 10.2. The van der Waals surface area contributed by atoms with Crippen molar-refractivity contribution < 1.29 is 0 Å². The molecule has 2 aromatic carbocycles. The highest BCUT2D eigenvalue weighted by atomic mass is 15.1. The number of nitriles is 1. The highest BCUT2D eigenvalue weighted by molar-refractivity contribution is 5.97. The first kappa shape index (κ1) is 15.3. The van der Waals surface area contributed by atoms with E-state index in [1.807, 2.05) is 62.4 Å². The van der Waals surface area contributed by atoms with Crippen molar-refractivity contribution in [1.29, 1.82) is 5.26 Å². The van der Waals surface area contributed by atoms with Gasteiger partial charge in [-0.2, -0.15) is 10.4 Å². The zero-order chi connectivity index (χ0) is 15.0. The molecule has 0 aromatic heterocycles. The fraction of sp³-hybridized carbons (Fsp3) is 0.125. The van der Waals surface area contributed by atoms with Crippen LogP contribution in [0.15, 0.2) is 53.6 Å². The molecule has 0 fully saturated rings. The van der Waals surface area contributed by atoms with Crippen LogP contribution < -0.4 is 11.6 Å². The number of hydrazone groups is 1. The van der Waals surface area contributed by atoms with E-state index >= 15 is 0 Å². The van der Waals surface area contributed by atoms with Crippen LogP contribution in [0.1, 0.15) is 22.3 Å². The fourth-order valence-corrected chi connectivity index (χ4v) is 1.43. The summed E-state index contributed by atoms with van der Waals surface area (Å²) in [4.78, 5) is 0. The molecule has 0 radical (unpaired) electrons. The minimum atomic E-state index is 0.366. The Balaban J connectivity index is 0.000000204. The third-order valence-corrected chi connectivity index (χ3v) is 2.67. The molecular formula is C16H18N4. The summed E-state index contributed by atoms with van der Waals surface area (Å²) in [6, 6.07) is 17.3. The first-order chi connectivity index (χ1) is 9.56. The van der Waals surface area contributed by atoms with Crippen LogP contribution in [0.2, 0.25) is 0 Å². The van der Waals surface area contributed by atoms with Crippen LogP contribution in [0, 0.1) is 25.2 Å². The van der Waals surface area contributed by atoms with Gasteiger partial charge in [-0.25, -0.2) is 0 Å². The molecule has 2 rings (SSSR count). The molecule has 0 aliphatic rings. The predicted molar refractivity (Wildman–Crippen MR) is 82.0 cm³/mol. The standard InChI is InChI=1S/C8H11N3.C8H7N/c1-6-2-4-7(5-3-6)8(9)11-10;1-7-2-4-8(6-9)5-3-7/h2-5H,10H2,1H3,(H2,9,11);2-5H,1H3. The highest BCUT2D eigenvalue weighted by Gasteiger charge is 1.94. The number of hydrogen-bond donors (Lipinski definition) is 2. The second-order valence-electron chi connectivity index (χ2n) is 4.36. The van der Waals surface area contributed by atoms with E-state index in [1.54, 1.807) is 0 Å². The third-order valence-electron chi connectivity index (χ3n) is 2.67. The van der Waals surface area contributed by atoms with Gasteiger partial charge < -0.3 is 11.6 Å². The zero-order valence-corrected chi connectivity index (χ0v) is 11.7. The molecule has 0 saturated heterocycles. The molecular weight excluding hydrogens is 248 g/mol. The summed E-state index contributed by atoms with van der Waals surface area (Å²) in [5.74, 6) is 5.37. The minimum absolute atomic E-state index is 0.366. The summed E-state index contributed by atoms with van der Waals surface area (Å²) >= 11 is 0. The van der Waals surface area contributed by atoms with Crippen molar-refractivity contribution in [2.45, 2.75) is 13.8 Å². The van der Waals surface area contributed by atoms with E-state index in [-0.39, 0.29) is 0 Å². The third kappa shape index (κ3) is 4.83. The maximum absolute atomic E-state index is 8.38. The van der Waals surface area contributed by atoms with Crippen LogP contribution in [-0.2, 0) is 0 Å². The first-order valence-electron chi connectivity index (χ1n) is 6.14. The molecule has 2 aromatic rings. The summed E-state index contributed by atoms with van der Waals surface area (Å²) in [5, 5.41) is 11.8. The molecule has 0 atom stereocenters. The van der Waals surface area contributed by atoms with Crippen molar-refractivity contribution in [1.82, 2.24) is 0 Å². The average molecular weight is 266 g/mol. The molecule has 0 heterocycles. The Morgan fingerprint density at radius 3 is 1.80 bits per heavy atom. The van der Waals surface area contributed by atoms with Crippen LogP contribution in [0.3, 0.4) is 0 Å². The van der Waals surface area contributed by atoms with Gasteiger partial charge in [0.25, 0.3) is 0 Å². The van der Waals surface area contributed by atoms with E-state index in [2.05, 4.69) is 11.2 Å². The summed E-state index contributed by atoms with van der Waals surface area (Å²) < 4.78 is 0. The van der Waals surface area contributed by atoms with Gasteiger partial charge >= 0.3 is 0 Å². The van der Waals surface area contributed by atoms with Crippen LogP contribution >= 0.6 is 0 Å². The molecule has 0 bridgehead atoms. The summed E-state index contributed by atoms with van der Waals surface area (Å²) in [6.45, 7) is 4.01. The average Bonchev–Trinajstić information content (AvgIpc) is 2.49. The van der Waals surface area contributed by atoms with Crippen molar-refractivity contribution in [3.63, 3.8) is 0 Å². The van der Waals surface area contributed by atoms with Crippen molar-refractivity contribution in [2.75, 3.05) is 0 Å². The maximum atomic E-state index is 8.38. The number of hydrogen-bond acceptors (Lipinski definition) is 3. The minimum Gasteiger partial charge on any atom is -0.382 e. The second-order valence-corrected chi connectivity index (χ2v) is 4.36. The lowest BCUT2D eigenvalue weighted by molar-refractivity contribution is 1.23. The van der Waals surface area contributed by atoms with Crippen LogP contribution in [-0.4, -0.2) is 5.84 Å². The molecule has 0 saturated carbocycles. The van der Waals surface area contributed by atoms with Gasteiger partial charge in [0.2, 0.25) is 0 Å². The molecule has 0 aliphatic carbocycles. The van der Waals surface area contributed by atoms with Crippen molar-refractivity contribution in [3.8, 4) is 6.07 Å². The molecule has 4 nitrogen and oxygen atoms in total. The van der Waals surface area contributed by atoms with Gasteiger partial charge in [-0.15, -0.1) is 0 Å². The largest absolute Gasteiger partial charge is 0.382 e. The summed E-state index contributed by atoms with van der Waals surface area (Å²) in [6.07, 6.45) is 0. The molecule has 0 amide bonds. The predicted octanol–water partition coefficient (Wildman–Crippen LogP) is 2.44. The molecule has 102 valence electrons. The van der Waals surface area contributed by atoms with Crippen molar-refractivity contribution >= 4 is 5.84 Å². The van der Waals surface area contributed by atoms with E-state index in [0.717, 1.165) is 11.1 Å². The monoisotopic (exact) mass is 266 g/mol. The number of nitrogens with two attached hydrogens (primary N) is 2. The maximum Gasteiger partial charge on any atom is 0.150 e. The quantitative estimate of drug-likeness (QED) is 0.359. The topological polar surface area (TPSA) is 88.2 Å². The van der Waals surface area contributed by atoms with E-state index in [4.69, 9.17) is 16.8 Å². The molecule has 0 spiro atoms. The van der Waals surface area contributed by atoms with Crippen LogP contribution in [0.4, 0.5) is 0 Å². The Kier molecular flexibility index (Phi) is 5.79. The number of amidine groups is 1. The lowest BCUT2D eigenvalue weighted by atomic mass is 10.1. The van der Waals surface area contributed by atoms with Gasteiger partial charge in [-0.05, 0) is 26.0 Å². The Hall–Kier alpha value is -2.80. The van der Waals surface area contributed by atoms with Crippen LogP contribution in [0.25, 0.3) is 0 Å². The number of benzene rings is 2. The number of nitrogens with zero attached hydrogens (tertiary/aromatic N) is 2. The fourth-order valence-electron chi connectivity index (χ4n) is 1.43. The van der Waals surface area contributed by atoms with E-state index in [1.165, 1.54) is 11.1 Å². The lowest BCUT2D eigenvalue weighted by Crippen LogP contribution is -2.15. The van der Waals surface area contributed by atoms with E-state index in [9.17, 15) is 0 Å². The SMILES string of the molecule is Cc1ccc(C#N)cc1.Cc1ccc(C(N)=NN)cc1. The summed E-state index contributed by atoms with van der Waals surface area (Å²) in [5.41, 5.74) is 9.43. The lowest BCUT2D eigenvalue weighted by Gasteiger charge is -1.98. The smallest absolute Gasteiger partial charge is 0.150 e. The van der Waals surface area contributed by atoms with Gasteiger partial charge in [0, 0.05) is 5.56 Å². The zero-order valence-electron chi connectivity index (χ0n) is 11.7. The van der Waals surface area contributed by atoms with Crippen molar-refractivity contribution in [2.24, 2.45) is 16.7 Å². The highest BCUT2D eigenvalue weighted by Crippen LogP contribution is 2.01. The Morgan fingerprint density at radius 2 is 1.40 bits per heavy atom.